The molecule has 1 aliphatic heterocycles. The van der Waals surface area contributed by atoms with Gasteiger partial charge in [0.25, 0.3) is 0 Å². The van der Waals surface area contributed by atoms with Crippen LogP contribution in [-0.2, 0) is 0 Å². The first-order valence-corrected chi connectivity index (χ1v) is 13.8. The van der Waals surface area contributed by atoms with Crippen molar-refractivity contribution in [2.75, 3.05) is 31.5 Å². The molecule has 1 atom stereocenters. The first-order valence-electron chi connectivity index (χ1n) is 13.0. The minimum Gasteiger partial charge on any atom is -0.508 e. The zero-order chi connectivity index (χ0) is 25.1. The predicted octanol–water partition coefficient (Wildman–Crippen LogP) is 7.33. The summed E-state index contributed by atoms with van der Waals surface area (Å²) < 4.78 is 2.68. The largest absolute Gasteiger partial charge is 0.508 e. The Bertz CT molecular complexity index is 950. The van der Waals surface area contributed by atoms with Gasteiger partial charge in [-0.15, -0.1) is 0 Å². The summed E-state index contributed by atoms with van der Waals surface area (Å²) in [6.45, 7) is 17.1. The van der Waals surface area contributed by atoms with Crippen molar-refractivity contribution in [3.05, 3.63) is 40.3 Å². The fourth-order valence-electron chi connectivity index (χ4n) is 4.08. The number of piperidine rings is 1. The molecule has 0 radical (unpaired) electrons. The van der Waals surface area contributed by atoms with E-state index in [1.54, 1.807) is 12.3 Å². The van der Waals surface area contributed by atoms with Gasteiger partial charge in [-0.05, 0) is 79.5 Å². The van der Waals surface area contributed by atoms with Gasteiger partial charge in [0.1, 0.15) is 11.6 Å². The highest BCUT2D eigenvalue weighted by Gasteiger charge is 2.20. The standard InChI is InChI=1S/C25H38BrN5O.C2H6/c1-5-6-7-10-23(32)19(4)22-14-24(31-25(29-22)21(26)16-28-31)27-15-20-9-8-12-30(17-20)13-11-18(2)3;1-2/h7,10,14,16,18,20,27,32H,5-6,8-9,11-13,15,17H2,1-4H3;1-2H3/b10-7-,23-19-;. The predicted molar refractivity (Wildman–Crippen MR) is 148 cm³/mol. The molecule has 0 saturated carbocycles. The summed E-state index contributed by atoms with van der Waals surface area (Å²) in [6, 6.07) is 1.99. The van der Waals surface area contributed by atoms with Gasteiger partial charge in [0.15, 0.2) is 5.65 Å². The Morgan fingerprint density at radius 1 is 1.35 bits per heavy atom. The van der Waals surface area contributed by atoms with Crippen molar-refractivity contribution in [2.24, 2.45) is 11.8 Å². The second-order valence-electron chi connectivity index (χ2n) is 9.33. The molecule has 0 spiro atoms. The minimum atomic E-state index is 0.255. The zero-order valence-electron chi connectivity index (χ0n) is 21.9. The molecule has 34 heavy (non-hydrogen) atoms. The summed E-state index contributed by atoms with van der Waals surface area (Å²) >= 11 is 3.56. The van der Waals surface area contributed by atoms with E-state index in [1.165, 1.54) is 32.4 Å². The van der Waals surface area contributed by atoms with Crippen molar-refractivity contribution in [1.82, 2.24) is 19.5 Å². The Labute approximate surface area is 214 Å². The number of nitrogens with one attached hydrogen (secondary N) is 1. The number of aliphatic hydroxyl groups excluding tert-OH is 1. The third-order valence-corrected chi connectivity index (χ3v) is 6.69. The van der Waals surface area contributed by atoms with Gasteiger partial charge < -0.3 is 15.3 Å². The molecule has 6 nitrogen and oxygen atoms in total. The molecule has 0 bridgehead atoms. The first kappa shape index (κ1) is 28.4. The molecule has 1 aliphatic rings. The number of hydrogen-bond donors (Lipinski definition) is 2. The molecule has 0 aliphatic carbocycles. The summed E-state index contributed by atoms with van der Waals surface area (Å²) in [5.74, 6) is 2.52. The first-order chi connectivity index (χ1) is 16.4. The van der Waals surface area contributed by atoms with Gasteiger partial charge in [0.05, 0.1) is 16.4 Å². The van der Waals surface area contributed by atoms with E-state index in [4.69, 9.17) is 4.98 Å². The van der Waals surface area contributed by atoms with Crippen molar-refractivity contribution in [2.45, 2.75) is 73.6 Å². The van der Waals surface area contributed by atoms with Crippen molar-refractivity contribution < 1.29 is 5.11 Å². The van der Waals surface area contributed by atoms with Gasteiger partial charge in [-0.25, -0.2) is 4.98 Å². The number of anilines is 1. The lowest BCUT2D eigenvalue weighted by Crippen LogP contribution is -2.39. The SMILES string of the molecule is CC.CCC/C=C\C(O)=C(/C)c1cc(NCC2CCCN(CCC(C)C)C2)n2ncc(Br)c2n1. The molecular formula is C27H44BrN5O. The third-order valence-electron chi connectivity index (χ3n) is 6.13. The van der Waals surface area contributed by atoms with Crippen LogP contribution in [0.25, 0.3) is 11.2 Å². The van der Waals surface area contributed by atoms with Crippen LogP contribution >= 0.6 is 15.9 Å². The highest BCUT2D eigenvalue weighted by atomic mass is 79.9. The summed E-state index contributed by atoms with van der Waals surface area (Å²) in [7, 11) is 0. The monoisotopic (exact) mass is 533 g/mol. The number of likely N-dealkylation sites (tertiary alicyclic amines) is 1. The average molecular weight is 535 g/mol. The number of unbranched alkanes of at least 4 members (excludes halogenated alkanes) is 1. The van der Waals surface area contributed by atoms with Crippen LogP contribution in [0.1, 0.15) is 79.3 Å². The normalized spacial score (nSPS) is 17.7. The molecule has 190 valence electrons. The topological polar surface area (TPSA) is 65.7 Å². The smallest absolute Gasteiger partial charge is 0.172 e. The number of hydrogen-bond acceptors (Lipinski definition) is 5. The molecule has 2 aromatic heterocycles. The van der Waals surface area contributed by atoms with Gasteiger partial charge >= 0.3 is 0 Å². The van der Waals surface area contributed by atoms with Crippen molar-refractivity contribution in [1.29, 1.82) is 0 Å². The summed E-state index contributed by atoms with van der Waals surface area (Å²) in [6.07, 6.45) is 11.3. The molecular weight excluding hydrogens is 490 g/mol. The van der Waals surface area contributed by atoms with E-state index in [2.05, 4.69) is 52.0 Å². The maximum atomic E-state index is 10.5. The van der Waals surface area contributed by atoms with Crippen LogP contribution in [0.2, 0.25) is 0 Å². The molecule has 0 amide bonds. The molecule has 3 rings (SSSR count). The Morgan fingerprint density at radius 2 is 2.12 bits per heavy atom. The van der Waals surface area contributed by atoms with E-state index < -0.39 is 0 Å². The van der Waals surface area contributed by atoms with Crippen molar-refractivity contribution in [3.8, 4) is 0 Å². The highest BCUT2D eigenvalue weighted by molar-refractivity contribution is 9.10. The molecule has 1 fully saturated rings. The number of nitrogens with zero attached hydrogens (tertiary/aromatic N) is 4. The second-order valence-corrected chi connectivity index (χ2v) is 10.2. The van der Waals surface area contributed by atoms with E-state index in [1.807, 2.05) is 37.4 Å². The average Bonchev–Trinajstić information content (AvgIpc) is 3.23. The van der Waals surface area contributed by atoms with Gasteiger partial charge in [-0.3, -0.25) is 0 Å². The summed E-state index contributed by atoms with van der Waals surface area (Å²) in [5.41, 5.74) is 2.26. The van der Waals surface area contributed by atoms with Crippen LogP contribution in [0.15, 0.2) is 34.6 Å². The number of halogens is 1. The third kappa shape index (κ3) is 8.12. The molecule has 2 aromatic rings. The van der Waals surface area contributed by atoms with Crippen LogP contribution in [0.4, 0.5) is 5.82 Å². The van der Waals surface area contributed by atoms with E-state index in [9.17, 15) is 5.11 Å². The van der Waals surface area contributed by atoms with E-state index in [-0.39, 0.29) is 5.76 Å². The molecule has 2 N–H and O–H groups in total. The Hall–Kier alpha value is -1.86. The Balaban J connectivity index is 0.00000199. The summed E-state index contributed by atoms with van der Waals surface area (Å²) in [4.78, 5) is 7.36. The Morgan fingerprint density at radius 3 is 2.82 bits per heavy atom. The lowest BCUT2D eigenvalue weighted by atomic mass is 9.97. The van der Waals surface area contributed by atoms with Gasteiger partial charge in [-0.2, -0.15) is 9.61 Å². The minimum absolute atomic E-state index is 0.255. The maximum absolute atomic E-state index is 10.5. The molecule has 7 heteroatoms. The zero-order valence-corrected chi connectivity index (χ0v) is 23.5. The quantitative estimate of drug-likeness (QED) is 0.247. The van der Waals surface area contributed by atoms with E-state index in [0.29, 0.717) is 5.92 Å². The Kier molecular flexibility index (Phi) is 12.1. The van der Waals surface area contributed by atoms with Crippen LogP contribution < -0.4 is 5.32 Å². The van der Waals surface area contributed by atoms with Crippen molar-refractivity contribution in [3.63, 3.8) is 0 Å². The highest BCUT2D eigenvalue weighted by Crippen LogP contribution is 2.26. The fourth-order valence-corrected chi connectivity index (χ4v) is 4.43. The van der Waals surface area contributed by atoms with E-state index >= 15 is 0 Å². The van der Waals surface area contributed by atoms with Gasteiger partial charge in [0.2, 0.25) is 0 Å². The van der Waals surface area contributed by atoms with Crippen LogP contribution in [0.3, 0.4) is 0 Å². The molecule has 1 unspecified atom stereocenters. The lowest BCUT2D eigenvalue weighted by Gasteiger charge is -2.33. The van der Waals surface area contributed by atoms with Crippen LogP contribution in [0, 0.1) is 11.8 Å². The van der Waals surface area contributed by atoms with Gasteiger partial charge in [0, 0.05) is 24.7 Å². The van der Waals surface area contributed by atoms with Crippen molar-refractivity contribution >= 4 is 33.0 Å². The number of aliphatic hydroxyl groups is 1. The maximum Gasteiger partial charge on any atom is 0.172 e. The molecule has 3 heterocycles. The molecule has 0 aromatic carbocycles. The number of rotatable bonds is 10. The number of aromatic nitrogens is 3. The number of fused-ring (bicyclic) bond motifs is 1. The molecule has 1 saturated heterocycles. The van der Waals surface area contributed by atoms with Crippen LogP contribution in [-0.4, -0.2) is 50.8 Å². The second kappa shape index (κ2) is 14.5. The summed E-state index contributed by atoms with van der Waals surface area (Å²) in [5, 5.41) is 18.7. The number of allylic oxidation sites excluding steroid dienone is 3. The lowest BCUT2D eigenvalue weighted by molar-refractivity contribution is 0.172. The van der Waals surface area contributed by atoms with Crippen LogP contribution in [0.5, 0.6) is 0 Å². The fraction of sp³-hybridized carbons (Fsp3) is 0.630. The van der Waals surface area contributed by atoms with Gasteiger partial charge in [-0.1, -0.05) is 47.1 Å². The van der Waals surface area contributed by atoms with E-state index in [0.717, 1.165) is 59.1 Å².